The number of ether oxygens (including phenoxy) is 1. The van der Waals surface area contributed by atoms with Gasteiger partial charge < -0.3 is 9.64 Å². The number of epoxide rings is 1. The number of anilines is 1. The van der Waals surface area contributed by atoms with Crippen LogP contribution in [0, 0.1) is 36.0 Å². The average Bonchev–Trinajstić information content (AvgIpc) is 3.26. The molecule has 4 bridgehead atoms. The Hall–Kier alpha value is -2.16. The predicted molar refractivity (Wildman–Crippen MR) is 95.5 cm³/mol. The van der Waals surface area contributed by atoms with Crippen molar-refractivity contribution in [2.45, 2.75) is 50.4 Å². The van der Waals surface area contributed by atoms with E-state index in [4.69, 9.17) is 4.74 Å². The predicted octanol–water partition coefficient (Wildman–Crippen LogP) is 3.54. The van der Waals surface area contributed by atoms with E-state index in [1.54, 1.807) is 0 Å². The Morgan fingerprint density at radius 3 is 2.92 bits per heavy atom. The molecule has 24 heavy (non-hydrogen) atoms. The fourth-order valence-corrected chi connectivity index (χ4v) is 5.37. The van der Waals surface area contributed by atoms with Gasteiger partial charge in [0.25, 0.3) is 0 Å². The molecule has 2 nitrogen and oxygen atoms in total. The molecule has 1 saturated heterocycles. The first-order valence-electron chi connectivity index (χ1n) is 8.77. The van der Waals surface area contributed by atoms with Gasteiger partial charge in [-0.05, 0) is 51.3 Å². The number of aryl methyl sites for hydroxylation is 1. The van der Waals surface area contributed by atoms with Crippen molar-refractivity contribution in [3.8, 4) is 23.7 Å². The maximum Gasteiger partial charge on any atom is 0.144 e. The number of nitrogens with zero attached hydrogens (tertiary/aromatic N) is 1. The van der Waals surface area contributed by atoms with E-state index in [1.807, 2.05) is 12.2 Å². The van der Waals surface area contributed by atoms with Crippen molar-refractivity contribution in [2.75, 3.05) is 11.9 Å². The molecule has 0 N–H and O–H groups in total. The minimum Gasteiger partial charge on any atom is -0.358 e. The zero-order valence-electron chi connectivity index (χ0n) is 14.4. The number of allylic oxidation sites excluding steroid dienone is 2. The summed E-state index contributed by atoms with van der Waals surface area (Å²) in [5.41, 5.74) is 3.12. The molecule has 5 rings (SSSR count). The van der Waals surface area contributed by atoms with Gasteiger partial charge in [0.1, 0.15) is 17.2 Å². The molecule has 4 unspecified atom stereocenters. The van der Waals surface area contributed by atoms with Crippen molar-refractivity contribution in [1.82, 2.24) is 0 Å². The SMILES string of the molecule is Cc1ccc2c(c1)C13OC14CCCC3(C)C#C/C=C\C#CC4N2C. The van der Waals surface area contributed by atoms with E-state index in [-0.39, 0.29) is 22.7 Å². The Morgan fingerprint density at radius 1 is 1.21 bits per heavy atom. The second-order valence-electron chi connectivity index (χ2n) is 7.78. The summed E-state index contributed by atoms with van der Waals surface area (Å²) in [6, 6.07) is 6.80. The fraction of sp³-hybridized carbons (Fsp3) is 0.455. The number of likely N-dealkylation sites (N-methyl/N-ethyl adjacent to an activating group) is 1. The van der Waals surface area contributed by atoms with Gasteiger partial charge in [0.15, 0.2) is 0 Å². The third-order valence-corrected chi connectivity index (χ3v) is 6.45. The van der Waals surface area contributed by atoms with Crippen LogP contribution in [0.25, 0.3) is 0 Å². The smallest absolute Gasteiger partial charge is 0.144 e. The Labute approximate surface area is 143 Å². The number of benzene rings is 1. The molecule has 2 heteroatoms. The zero-order valence-corrected chi connectivity index (χ0v) is 14.4. The van der Waals surface area contributed by atoms with E-state index in [0.29, 0.717) is 0 Å². The number of rotatable bonds is 0. The summed E-state index contributed by atoms with van der Waals surface area (Å²) < 4.78 is 6.75. The van der Waals surface area contributed by atoms with E-state index in [2.05, 4.69) is 67.7 Å². The monoisotopic (exact) mass is 315 g/mol. The Bertz CT molecular complexity index is 907. The first-order chi connectivity index (χ1) is 11.5. The third-order valence-electron chi connectivity index (χ3n) is 6.45. The molecule has 1 aromatic rings. The van der Waals surface area contributed by atoms with Crippen molar-refractivity contribution < 1.29 is 4.74 Å². The van der Waals surface area contributed by atoms with Gasteiger partial charge in [-0.1, -0.05) is 41.4 Å². The summed E-state index contributed by atoms with van der Waals surface area (Å²) in [6.45, 7) is 4.45. The van der Waals surface area contributed by atoms with E-state index in [9.17, 15) is 0 Å². The van der Waals surface area contributed by atoms with E-state index in [1.165, 1.54) is 16.8 Å². The highest BCUT2D eigenvalue weighted by Gasteiger charge is 2.84. The van der Waals surface area contributed by atoms with Crippen LogP contribution in [0.2, 0.25) is 0 Å². The molecule has 4 aliphatic rings. The first kappa shape index (κ1) is 14.2. The van der Waals surface area contributed by atoms with E-state index < -0.39 is 0 Å². The molecule has 120 valence electrons. The lowest BCUT2D eigenvalue weighted by Crippen LogP contribution is -2.56. The Kier molecular flexibility index (Phi) is 2.53. The minimum atomic E-state index is -0.316. The Balaban J connectivity index is 1.88. The minimum absolute atomic E-state index is 0.0804. The summed E-state index contributed by atoms with van der Waals surface area (Å²) in [7, 11) is 2.15. The molecule has 0 radical (unpaired) electrons. The lowest BCUT2D eigenvalue weighted by Gasteiger charge is -2.47. The lowest BCUT2D eigenvalue weighted by molar-refractivity contribution is 0.162. The highest BCUT2D eigenvalue weighted by atomic mass is 16.6. The van der Waals surface area contributed by atoms with Gasteiger partial charge in [0.2, 0.25) is 0 Å². The number of hydrogen-bond acceptors (Lipinski definition) is 2. The van der Waals surface area contributed by atoms with Crippen LogP contribution in [-0.2, 0) is 10.3 Å². The molecular formula is C22H21NO. The molecule has 2 aliphatic carbocycles. The molecule has 2 heterocycles. The van der Waals surface area contributed by atoms with Crippen molar-refractivity contribution in [1.29, 1.82) is 0 Å². The van der Waals surface area contributed by atoms with Gasteiger partial charge in [-0.3, -0.25) is 0 Å². The third kappa shape index (κ3) is 1.40. The van der Waals surface area contributed by atoms with Crippen LogP contribution < -0.4 is 4.90 Å². The summed E-state index contributed by atoms with van der Waals surface area (Å²) >= 11 is 0. The van der Waals surface area contributed by atoms with Gasteiger partial charge in [-0.2, -0.15) is 0 Å². The van der Waals surface area contributed by atoms with Crippen molar-refractivity contribution in [3.05, 3.63) is 41.5 Å². The largest absolute Gasteiger partial charge is 0.358 e. The lowest BCUT2D eigenvalue weighted by atomic mass is 9.57. The molecule has 2 fully saturated rings. The quantitative estimate of drug-likeness (QED) is 0.537. The summed E-state index contributed by atoms with van der Waals surface area (Å²) in [6.07, 6.45) is 7.03. The number of hydrogen-bond donors (Lipinski definition) is 0. The Morgan fingerprint density at radius 2 is 2.04 bits per heavy atom. The molecule has 0 spiro atoms. The van der Waals surface area contributed by atoms with E-state index >= 15 is 0 Å². The second-order valence-corrected chi connectivity index (χ2v) is 7.78. The van der Waals surface area contributed by atoms with Crippen LogP contribution >= 0.6 is 0 Å². The standard InChI is InChI=1S/C22H21NO/c1-16-10-11-18-17(15-16)22-20(2)12-7-5-4-6-9-19(23(18)3)21(22,24-22)14-8-13-20/h4-5,10-11,15,19H,8,13-14H2,1-3H3/b5-4-. The average molecular weight is 315 g/mol. The van der Waals surface area contributed by atoms with Crippen LogP contribution in [0.1, 0.15) is 37.3 Å². The molecule has 2 aliphatic heterocycles. The van der Waals surface area contributed by atoms with Crippen LogP contribution in [0.3, 0.4) is 0 Å². The maximum atomic E-state index is 6.75. The van der Waals surface area contributed by atoms with E-state index in [0.717, 1.165) is 19.3 Å². The van der Waals surface area contributed by atoms with Crippen LogP contribution in [0.5, 0.6) is 0 Å². The normalized spacial score (nSPS) is 41.6. The fourth-order valence-electron chi connectivity index (χ4n) is 5.37. The van der Waals surface area contributed by atoms with Gasteiger partial charge in [-0.25, -0.2) is 0 Å². The molecule has 1 aromatic carbocycles. The molecule has 1 saturated carbocycles. The van der Waals surface area contributed by atoms with Crippen LogP contribution in [0.4, 0.5) is 5.69 Å². The first-order valence-corrected chi connectivity index (χ1v) is 8.77. The summed E-state index contributed by atoms with van der Waals surface area (Å²) in [4.78, 5) is 2.32. The van der Waals surface area contributed by atoms with Crippen molar-refractivity contribution in [3.63, 3.8) is 0 Å². The van der Waals surface area contributed by atoms with Gasteiger partial charge in [0.05, 0.1) is 5.41 Å². The molecule has 0 aromatic heterocycles. The van der Waals surface area contributed by atoms with Crippen LogP contribution in [-0.4, -0.2) is 18.7 Å². The number of fused-ring (bicyclic) bond motifs is 1. The topological polar surface area (TPSA) is 15.8 Å². The summed E-state index contributed by atoms with van der Waals surface area (Å²) in [5.74, 6) is 13.5. The highest BCUT2D eigenvalue weighted by molar-refractivity contribution is 5.69. The van der Waals surface area contributed by atoms with Crippen molar-refractivity contribution in [2.24, 2.45) is 5.41 Å². The van der Waals surface area contributed by atoms with Crippen molar-refractivity contribution >= 4 is 5.69 Å². The van der Waals surface area contributed by atoms with Gasteiger partial charge in [-0.15, -0.1) is 0 Å². The second kappa shape index (κ2) is 4.27. The van der Waals surface area contributed by atoms with Gasteiger partial charge >= 0.3 is 0 Å². The molecular weight excluding hydrogens is 294 g/mol. The maximum absolute atomic E-state index is 6.75. The molecule has 0 amide bonds. The van der Waals surface area contributed by atoms with Gasteiger partial charge in [0, 0.05) is 18.3 Å². The highest BCUT2D eigenvalue weighted by Crippen LogP contribution is 2.75. The zero-order chi connectivity index (χ0) is 16.6. The molecule has 4 atom stereocenters. The van der Waals surface area contributed by atoms with Crippen LogP contribution in [0.15, 0.2) is 30.4 Å². The summed E-state index contributed by atoms with van der Waals surface area (Å²) in [5, 5.41) is 0.